The molecule has 2 fully saturated rings. The summed E-state index contributed by atoms with van der Waals surface area (Å²) in [5, 5.41) is 19.8. The summed E-state index contributed by atoms with van der Waals surface area (Å²) >= 11 is 0. The number of carbonyl (C=O) groups excluding carboxylic acids is 2. The van der Waals surface area contributed by atoms with Crippen LogP contribution in [0.25, 0.3) is 21.6 Å². The van der Waals surface area contributed by atoms with Gasteiger partial charge in [0.2, 0.25) is 5.91 Å². The van der Waals surface area contributed by atoms with Crippen LogP contribution in [0.15, 0.2) is 143 Å². The van der Waals surface area contributed by atoms with Crippen molar-refractivity contribution in [2.75, 3.05) is 52.4 Å². The maximum Gasteiger partial charge on any atom is 0.472 e. The van der Waals surface area contributed by atoms with Gasteiger partial charge in [-0.3, -0.25) is 37.5 Å². The molecule has 0 aliphatic carbocycles. The summed E-state index contributed by atoms with van der Waals surface area (Å²) in [6.45, 7) is -0.130. The number of aromatic amines is 1. The van der Waals surface area contributed by atoms with Gasteiger partial charge in [0, 0.05) is 41.8 Å². The zero-order valence-corrected chi connectivity index (χ0v) is 44.2. The number of ether oxygens (including phenoxy) is 6. The lowest BCUT2D eigenvalue weighted by molar-refractivity contribution is -0.119. The number of nitrogens with zero attached hydrogens (tertiary/aromatic N) is 8. The quantitative estimate of drug-likeness (QED) is 0.0129. The van der Waals surface area contributed by atoms with Crippen molar-refractivity contribution >= 4 is 36.6 Å². The number of rotatable bonds is 24. The number of benzene rings is 4. The number of phosphoric ester groups is 1. The van der Waals surface area contributed by atoms with Crippen LogP contribution in [0.1, 0.15) is 57.9 Å². The number of fused-ring (bicyclic) bond motifs is 1. The van der Waals surface area contributed by atoms with Crippen molar-refractivity contribution in [3.63, 3.8) is 0 Å². The van der Waals surface area contributed by atoms with Gasteiger partial charge in [0.15, 0.2) is 23.2 Å². The van der Waals surface area contributed by atoms with Crippen molar-refractivity contribution in [2.45, 2.75) is 68.3 Å². The van der Waals surface area contributed by atoms with Gasteiger partial charge in [0.1, 0.15) is 60.6 Å². The van der Waals surface area contributed by atoms with Gasteiger partial charge in [-0.1, -0.05) is 77.9 Å². The first-order chi connectivity index (χ1) is 38.7. The normalized spacial score (nSPS) is 20.6. The van der Waals surface area contributed by atoms with Crippen molar-refractivity contribution in [2.24, 2.45) is 5.11 Å². The van der Waals surface area contributed by atoms with Crippen LogP contribution in [-0.4, -0.2) is 129 Å². The number of methoxy groups -OCH3 is 2. The van der Waals surface area contributed by atoms with Gasteiger partial charge in [0.25, 0.3) is 11.5 Å². The second kappa shape index (κ2) is 25.3. The average molecular weight is 1120 g/mol. The molecule has 2 amide bonds. The number of hydrogen-bond donors (Lipinski definition) is 5. The van der Waals surface area contributed by atoms with E-state index in [-0.39, 0.29) is 48.5 Å². The van der Waals surface area contributed by atoms with Crippen molar-refractivity contribution in [3.8, 4) is 11.5 Å². The minimum absolute atomic E-state index is 0.0567. The molecule has 8 atom stereocenters. The molecule has 0 saturated carbocycles. The zero-order chi connectivity index (χ0) is 56.4. The Labute approximate surface area is 455 Å². The van der Waals surface area contributed by atoms with E-state index in [1.807, 2.05) is 54.6 Å². The topological polar surface area (TPSA) is 337 Å². The van der Waals surface area contributed by atoms with Crippen molar-refractivity contribution in [3.05, 3.63) is 187 Å². The van der Waals surface area contributed by atoms with Crippen molar-refractivity contribution in [1.82, 2.24) is 34.4 Å². The van der Waals surface area contributed by atoms with Gasteiger partial charge in [-0.15, -0.1) is 0 Å². The van der Waals surface area contributed by atoms with Crippen LogP contribution in [0, 0.1) is 6.92 Å². The van der Waals surface area contributed by atoms with E-state index in [0.717, 1.165) is 4.57 Å². The highest BCUT2D eigenvalue weighted by molar-refractivity contribution is 7.47. The molecule has 5 N–H and O–H groups in total. The third-order valence-corrected chi connectivity index (χ3v) is 14.4. The fourth-order valence-electron chi connectivity index (χ4n) is 9.41. The Kier molecular flexibility index (Phi) is 17.9. The third kappa shape index (κ3) is 12.6. The number of nitrogens with one attached hydrogen (secondary N) is 3. The molecule has 0 radical (unpaired) electrons. The number of imidazole rings is 1. The molecule has 27 heteroatoms. The predicted molar refractivity (Wildman–Crippen MR) is 285 cm³/mol. The first-order valence-electron chi connectivity index (χ1n) is 25.1. The fraction of sp³-hybridized carbons (Fsp3) is 0.340. The second-order valence-electron chi connectivity index (χ2n) is 18.4. The maximum absolute atomic E-state index is 14.5. The van der Waals surface area contributed by atoms with E-state index in [1.165, 1.54) is 30.3 Å². The van der Waals surface area contributed by atoms with Crippen LogP contribution in [-0.2, 0) is 43.0 Å². The predicted octanol–water partition coefficient (Wildman–Crippen LogP) is 5.21. The minimum atomic E-state index is -5.29. The molecule has 5 heterocycles. The van der Waals surface area contributed by atoms with E-state index in [9.17, 15) is 33.7 Å². The van der Waals surface area contributed by atoms with Gasteiger partial charge < -0.3 is 49.1 Å². The lowest BCUT2D eigenvalue weighted by Crippen LogP contribution is -2.41. The number of carbonyl (C=O) groups is 2. The average Bonchev–Trinajstić information content (AvgIpc) is 4.18. The maximum atomic E-state index is 14.5. The van der Waals surface area contributed by atoms with Crippen molar-refractivity contribution in [1.29, 1.82) is 0 Å². The second-order valence-corrected chi connectivity index (χ2v) is 19.8. The molecule has 0 spiro atoms. The van der Waals surface area contributed by atoms with Gasteiger partial charge in [0.05, 0.1) is 39.9 Å². The van der Waals surface area contributed by atoms with E-state index in [4.69, 9.17) is 43.0 Å². The molecule has 2 saturated heterocycles. The van der Waals surface area contributed by atoms with Gasteiger partial charge >= 0.3 is 13.5 Å². The van der Waals surface area contributed by atoms with E-state index >= 15 is 0 Å². The number of phosphoric acid groups is 1. The molecule has 9 rings (SSSR count). The highest BCUT2D eigenvalue weighted by Gasteiger charge is 2.53. The number of hydrogen-bond acceptors (Lipinski definition) is 18. The Morgan fingerprint density at radius 3 is 2.20 bits per heavy atom. The summed E-state index contributed by atoms with van der Waals surface area (Å²) in [6.07, 6.45) is -5.31. The van der Waals surface area contributed by atoms with Crippen LogP contribution in [0.3, 0.4) is 0 Å². The number of amides is 2. The van der Waals surface area contributed by atoms with Crippen LogP contribution in [0.4, 0.5) is 5.82 Å². The van der Waals surface area contributed by atoms with E-state index in [0.29, 0.717) is 33.8 Å². The smallest absolute Gasteiger partial charge is 0.472 e. The van der Waals surface area contributed by atoms with Gasteiger partial charge in [-0.25, -0.2) is 24.3 Å². The SMILES string of the molecule is COc1ccc(C(OC[C@H]2O[C@@H](n3cnc4c(NC(=O)c5ccccc5)ncnc43)[C@H](OCCCNC(=O)CN=[N+]=[N-])[C@@H]2OP(=O)(O)OC[C@H]2O[C@@H](n3cc(C)c(=O)[nH]c3=O)C[C@@H]2O)(c2ccccc2)c2ccc(OC)cc2)cc1. The first kappa shape index (κ1) is 56.6. The Balaban J connectivity index is 1.10. The summed E-state index contributed by atoms with van der Waals surface area (Å²) in [7, 11) is -2.19. The lowest BCUT2D eigenvalue weighted by atomic mass is 9.80. The molecule has 80 heavy (non-hydrogen) atoms. The summed E-state index contributed by atoms with van der Waals surface area (Å²) in [6, 6.07) is 32.3. The monoisotopic (exact) mass is 1120 g/mol. The molecule has 3 aromatic heterocycles. The fourth-order valence-corrected chi connectivity index (χ4v) is 10.4. The molecule has 7 aromatic rings. The molecule has 26 nitrogen and oxygen atoms in total. The molecule has 418 valence electrons. The molecule has 2 aliphatic rings. The highest BCUT2D eigenvalue weighted by Crippen LogP contribution is 2.51. The summed E-state index contributed by atoms with van der Waals surface area (Å²) in [5.74, 6) is 0.180. The molecule has 1 unspecified atom stereocenters. The van der Waals surface area contributed by atoms with Gasteiger partial charge in [-0.2, -0.15) is 0 Å². The van der Waals surface area contributed by atoms with E-state index < -0.39 is 99.2 Å². The number of H-pyrrole nitrogens is 1. The number of aliphatic hydroxyl groups is 1. The Bertz CT molecular complexity index is 3440. The van der Waals surface area contributed by atoms with E-state index in [2.05, 4.69) is 40.6 Å². The summed E-state index contributed by atoms with van der Waals surface area (Å²) in [4.78, 5) is 80.7. The van der Waals surface area contributed by atoms with Crippen LogP contribution >= 0.6 is 7.82 Å². The first-order valence-corrected chi connectivity index (χ1v) is 26.6. The minimum Gasteiger partial charge on any atom is -0.497 e. The molecule has 0 bridgehead atoms. The number of aromatic nitrogens is 6. The van der Waals surface area contributed by atoms with Crippen LogP contribution in [0.2, 0.25) is 0 Å². The standard InChI is InChI=1S/C53H56N11O15P/c1-32-27-63(52(69)61-49(32)67)43-25-39(65)40(77-43)29-76-80(70,71)79-45-41(28-75-53(34-13-8-5-9-14-34,35-15-19-37(72-2)20-16-35)36-17-21-38(73-3)22-18-36)78-51(46(45)74-24-10-23-55-42(66)26-59-62-54)64-31-58-44-47(56-30-57-48(44)64)60-50(68)33-11-6-4-7-12-33/h4-9,11-22,27,30-31,39-41,43,45-46,51,65H,10,23-26,28-29H2,1-3H3,(H,55,66)(H,70,71)(H,61,67,69)(H,56,57,60,68)/t39-,40+,41+,43+,45+,46+,51+/m0/s1. The number of azide groups is 1. The van der Waals surface area contributed by atoms with Crippen LogP contribution in [0.5, 0.6) is 11.5 Å². The molecule has 4 aromatic carbocycles. The Morgan fingerprint density at radius 1 is 0.875 bits per heavy atom. The Morgan fingerprint density at radius 2 is 1.54 bits per heavy atom. The van der Waals surface area contributed by atoms with Crippen LogP contribution < -0.4 is 31.4 Å². The molecule has 2 aliphatic heterocycles. The third-order valence-electron chi connectivity index (χ3n) is 13.4. The summed E-state index contributed by atoms with van der Waals surface area (Å²) in [5.41, 5.74) is 8.68. The largest absolute Gasteiger partial charge is 0.497 e. The number of anilines is 1. The summed E-state index contributed by atoms with van der Waals surface area (Å²) < 4.78 is 66.7. The molecular weight excluding hydrogens is 1060 g/mol. The molecular formula is C53H56N11O15P. The Hall–Kier alpha value is -8.13. The zero-order valence-electron chi connectivity index (χ0n) is 43.3. The lowest BCUT2D eigenvalue weighted by Gasteiger charge is -2.37. The highest BCUT2D eigenvalue weighted by atomic mass is 31.2. The number of aryl methyl sites for hydroxylation is 1. The van der Waals surface area contributed by atoms with E-state index in [1.54, 1.807) is 68.8 Å². The number of aliphatic hydroxyl groups excluding tert-OH is 1. The van der Waals surface area contributed by atoms with Gasteiger partial charge in [-0.05, 0) is 72.0 Å². The van der Waals surface area contributed by atoms with Crippen molar-refractivity contribution < 1.29 is 61.6 Å².